The van der Waals surface area contributed by atoms with Crippen LogP contribution in [0, 0.1) is 0 Å². The number of para-hydroxylation sites is 1. The molecule has 4 heterocycles. The second-order valence-electron chi connectivity index (χ2n) is 14.3. The molecule has 0 bridgehead atoms. The van der Waals surface area contributed by atoms with Gasteiger partial charge in [0.1, 0.15) is 22.8 Å². The molecule has 0 radical (unpaired) electrons. The number of hydrogen-bond acceptors (Lipinski definition) is 4. The van der Waals surface area contributed by atoms with E-state index in [-0.39, 0.29) is 0 Å². The molecular formula is C52H34N6. The number of aromatic nitrogens is 6. The normalized spacial score (nSPS) is 11.4. The summed E-state index contributed by atoms with van der Waals surface area (Å²) in [7, 11) is 0. The van der Waals surface area contributed by atoms with Gasteiger partial charge in [0.15, 0.2) is 11.5 Å². The highest BCUT2D eigenvalue weighted by Gasteiger charge is 2.22. The fourth-order valence-corrected chi connectivity index (χ4v) is 8.13. The van der Waals surface area contributed by atoms with Gasteiger partial charge >= 0.3 is 0 Å². The van der Waals surface area contributed by atoms with Gasteiger partial charge in [0.2, 0.25) is 0 Å². The van der Waals surface area contributed by atoms with Gasteiger partial charge in [0.25, 0.3) is 0 Å². The first-order chi connectivity index (χ1) is 28.8. The number of fused-ring (bicyclic) bond motifs is 4. The molecule has 0 N–H and O–H groups in total. The summed E-state index contributed by atoms with van der Waals surface area (Å²) in [4.78, 5) is 20.9. The molecule has 0 aliphatic heterocycles. The van der Waals surface area contributed by atoms with E-state index in [1.807, 2.05) is 36.5 Å². The van der Waals surface area contributed by atoms with Crippen LogP contribution >= 0.6 is 0 Å². The number of imidazole rings is 1. The van der Waals surface area contributed by atoms with Crippen LogP contribution in [0.1, 0.15) is 0 Å². The van der Waals surface area contributed by atoms with Crippen molar-refractivity contribution in [2.75, 3.05) is 0 Å². The Balaban J connectivity index is 1.11. The van der Waals surface area contributed by atoms with Crippen LogP contribution in [-0.4, -0.2) is 28.9 Å². The van der Waals surface area contributed by atoms with E-state index >= 15 is 0 Å². The molecule has 0 saturated heterocycles. The van der Waals surface area contributed by atoms with Gasteiger partial charge in [-0.15, -0.1) is 0 Å². The maximum atomic E-state index is 5.36. The molecule has 0 aliphatic rings. The first kappa shape index (κ1) is 33.4. The zero-order valence-corrected chi connectivity index (χ0v) is 31.3. The zero-order chi connectivity index (χ0) is 38.4. The summed E-state index contributed by atoms with van der Waals surface area (Å²) in [5.41, 5.74) is 12.9. The van der Waals surface area contributed by atoms with Crippen LogP contribution in [0.15, 0.2) is 206 Å². The van der Waals surface area contributed by atoms with Gasteiger partial charge in [-0.3, -0.25) is 8.97 Å². The Morgan fingerprint density at radius 2 is 0.897 bits per heavy atom. The Morgan fingerprint density at radius 3 is 1.57 bits per heavy atom. The quantitative estimate of drug-likeness (QED) is 0.163. The molecule has 0 atom stereocenters. The molecule has 58 heavy (non-hydrogen) atoms. The molecule has 0 unspecified atom stereocenters. The van der Waals surface area contributed by atoms with Crippen molar-refractivity contribution >= 4 is 27.6 Å². The molecular weight excluding hydrogens is 709 g/mol. The topological polar surface area (TPSA) is 60.9 Å². The van der Waals surface area contributed by atoms with Crippen molar-refractivity contribution in [1.82, 2.24) is 28.9 Å². The van der Waals surface area contributed by atoms with Gasteiger partial charge in [-0.1, -0.05) is 170 Å². The van der Waals surface area contributed by atoms with Crippen LogP contribution in [0.4, 0.5) is 0 Å². The number of pyridine rings is 1. The third kappa shape index (κ3) is 5.66. The molecule has 11 aromatic rings. The molecule has 6 heteroatoms. The van der Waals surface area contributed by atoms with Crippen molar-refractivity contribution in [2.24, 2.45) is 0 Å². The van der Waals surface area contributed by atoms with E-state index < -0.39 is 0 Å². The third-order valence-electron chi connectivity index (χ3n) is 10.8. The Labute approximate surface area is 335 Å². The monoisotopic (exact) mass is 742 g/mol. The fraction of sp³-hybridized carbons (Fsp3) is 0. The fourth-order valence-electron chi connectivity index (χ4n) is 8.13. The van der Waals surface area contributed by atoms with Crippen molar-refractivity contribution in [3.05, 3.63) is 206 Å². The first-order valence-corrected chi connectivity index (χ1v) is 19.4. The highest BCUT2D eigenvalue weighted by molar-refractivity contribution is 6.06. The molecule has 272 valence electrons. The van der Waals surface area contributed by atoms with Crippen LogP contribution in [0.2, 0.25) is 0 Å². The summed E-state index contributed by atoms with van der Waals surface area (Å²) < 4.78 is 4.41. The van der Waals surface area contributed by atoms with Crippen LogP contribution in [0.3, 0.4) is 0 Å². The van der Waals surface area contributed by atoms with Gasteiger partial charge in [-0.25, -0.2) is 19.9 Å². The Hall–Kier alpha value is -7.96. The van der Waals surface area contributed by atoms with Crippen molar-refractivity contribution in [2.45, 2.75) is 0 Å². The summed E-state index contributed by atoms with van der Waals surface area (Å²) in [6.45, 7) is 0. The third-order valence-corrected chi connectivity index (χ3v) is 10.8. The Morgan fingerprint density at radius 1 is 0.362 bits per heavy atom. The molecule has 0 saturated carbocycles. The lowest BCUT2D eigenvalue weighted by Gasteiger charge is -2.14. The molecule has 0 spiro atoms. The largest absolute Gasteiger partial charge is 0.277 e. The second kappa shape index (κ2) is 14.0. The SMILES string of the molecule is c1ccc(-c2nc(-c3cccc(-c4cccc(-c5nc6c(-c7ccccc7)ccnc6n5-c5ccccc5)c4)c3)n3c(-c4ccccc4)c4ccccc4c3n2)cc1. The van der Waals surface area contributed by atoms with Crippen LogP contribution in [0.25, 0.3) is 101 Å². The number of rotatable bonds is 7. The molecule has 0 aliphatic carbocycles. The maximum Gasteiger partial charge on any atom is 0.165 e. The van der Waals surface area contributed by atoms with E-state index in [1.165, 1.54) is 0 Å². The van der Waals surface area contributed by atoms with Gasteiger partial charge < -0.3 is 0 Å². The van der Waals surface area contributed by atoms with Crippen LogP contribution in [0.5, 0.6) is 0 Å². The standard InChI is InChI=1S/C52H34N6/c1-5-17-35(18-6-1)43-31-32-53-52-46(43)54-49(57(52)42-27-11-4-12-28-42)40-25-15-23-38(33-40)39-24-16-26-41(34-39)50-55-48(37-21-9-3-10-22-37)56-51-45-30-14-13-29-44(45)47(58(50)51)36-19-7-2-8-20-36/h1-34H. The predicted molar refractivity (Wildman–Crippen MR) is 236 cm³/mol. The van der Waals surface area contributed by atoms with Crippen LogP contribution < -0.4 is 0 Å². The van der Waals surface area contributed by atoms with Gasteiger partial charge in [0, 0.05) is 44.9 Å². The average Bonchev–Trinajstić information content (AvgIpc) is 3.87. The van der Waals surface area contributed by atoms with E-state index in [2.05, 4.69) is 179 Å². The second-order valence-corrected chi connectivity index (χ2v) is 14.3. The highest BCUT2D eigenvalue weighted by Crippen LogP contribution is 2.39. The lowest BCUT2D eigenvalue weighted by molar-refractivity contribution is 1.05. The van der Waals surface area contributed by atoms with E-state index in [9.17, 15) is 0 Å². The molecule has 7 aromatic carbocycles. The van der Waals surface area contributed by atoms with Gasteiger partial charge in [-0.2, -0.15) is 0 Å². The van der Waals surface area contributed by atoms with Crippen LogP contribution in [-0.2, 0) is 0 Å². The Kier molecular flexibility index (Phi) is 8.04. The highest BCUT2D eigenvalue weighted by atomic mass is 15.1. The summed E-state index contributed by atoms with van der Waals surface area (Å²) in [5.74, 6) is 2.33. The molecule has 4 aromatic heterocycles. The van der Waals surface area contributed by atoms with E-state index in [1.54, 1.807) is 0 Å². The number of nitrogens with zero attached hydrogens (tertiary/aromatic N) is 6. The smallest absolute Gasteiger partial charge is 0.165 e. The minimum absolute atomic E-state index is 0.682. The predicted octanol–water partition coefficient (Wildman–Crippen LogP) is 12.6. The molecule has 11 rings (SSSR count). The van der Waals surface area contributed by atoms with Crippen molar-refractivity contribution in [3.8, 4) is 73.4 Å². The van der Waals surface area contributed by atoms with Crippen molar-refractivity contribution < 1.29 is 0 Å². The summed E-state index contributed by atoms with van der Waals surface area (Å²) in [6, 6.07) is 69.4. The maximum absolute atomic E-state index is 5.36. The van der Waals surface area contributed by atoms with Crippen molar-refractivity contribution in [1.29, 1.82) is 0 Å². The first-order valence-electron chi connectivity index (χ1n) is 19.4. The minimum Gasteiger partial charge on any atom is -0.277 e. The lowest BCUT2D eigenvalue weighted by atomic mass is 10.00. The Bertz CT molecular complexity index is 3260. The summed E-state index contributed by atoms with van der Waals surface area (Å²) in [5, 5.41) is 2.21. The van der Waals surface area contributed by atoms with E-state index in [0.29, 0.717) is 5.82 Å². The molecule has 0 amide bonds. The summed E-state index contributed by atoms with van der Waals surface area (Å²) >= 11 is 0. The average molecular weight is 743 g/mol. The zero-order valence-electron chi connectivity index (χ0n) is 31.3. The van der Waals surface area contributed by atoms with E-state index in [0.717, 1.165) is 95.1 Å². The van der Waals surface area contributed by atoms with Crippen molar-refractivity contribution in [3.63, 3.8) is 0 Å². The number of hydrogen-bond donors (Lipinski definition) is 0. The summed E-state index contributed by atoms with van der Waals surface area (Å²) in [6.07, 6.45) is 1.88. The molecule has 6 nitrogen and oxygen atoms in total. The van der Waals surface area contributed by atoms with Gasteiger partial charge in [-0.05, 0) is 52.6 Å². The van der Waals surface area contributed by atoms with Gasteiger partial charge in [0.05, 0.1) is 5.69 Å². The van der Waals surface area contributed by atoms with E-state index in [4.69, 9.17) is 19.9 Å². The lowest BCUT2D eigenvalue weighted by Crippen LogP contribution is -2.03. The molecule has 0 fully saturated rings. The minimum atomic E-state index is 0.682. The number of benzene rings is 7.